The number of anilines is 2. The number of aryl methyl sites for hydroxylation is 1. The molecule has 0 aliphatic rings. The third-order valence-corrected chi connectivity index (χ3v) is 5.18. The fraction of sp³-hybridized carbons (Fsp3) is 0.222. The minimum atomic E-state index is -0.304. The summed E-state index contributed by atoms with van der Waals surface area (Å²) in [6.45, 7) is 8.63. The third-order valence-electron chi connectivity index (χ3n) is 5.18. The van der Waals surface area contributed by atoms with Gasteiger partial charge in [-0.15, -0.1) is 0 Å². The van der Waals surface area contributed by atoms with Crippen LogP contribution in [-0.2, 0) is 4.74 Å². The first-order valence-electron chi connectivity index (χ1n) is 10.4. The van der Waals surface area contributed by atoms with Crippen molar-refractivity contribution in [3.8, 4) is 0 Å². The van der Waals surface area contributed by atoms with Crippen LogP contribution >= 0.6 is 0 Å². The second kappa shape index (κ2) is 9.93. The van der Waals surface area contributed by atoms with E-state index in [0.29, 0.717) is 12.2 Å². The van der Waals surface area contributed by atoms with E-state index in [1.54, 1.807) is 6.07 Å². The summed E-state index contributed by atoms with van der Waals surface area (Å²) in [5.41, 5.74) is 7.28. The van der Waals surface area contributed by atoms with Crippen LogP contribution in [0.15, 0.2) is 84.4 Å². The molecule has 0 radical (unpaired) electrons. The van der Waals surface area contributed by atoms with Crippen molar-refractivity contribution < 1.29 is 9.53 Å². The molecule has 0 atom stereocenters. The Kier molecular flexibility index (Phi) is 7.08. The van der Waals surface area contributed by atoms with Gasteiger partial charge in [-0.1, -0.05) is 61.5 Å². The molecule has 3 rings (SSSR count). The fourth-order valence-electron chi connectivity index (χ4n) is 3.52. The minimum absolute atomic E-state index is 0.304. The molecule has 0 N–H and O–H groups in total. The summed E-state index contributed by atoms with van der Waals surface area (Å²) in [7, 11) is 0. The average Bonchev–Trinajstić information content (AvgIpc) is 2.78. The molecule has 30 heavy (non-hydrogen) atoms. The molecule has 3 nitrogen and oxygen atoms in total. The first-order chi connectivity index (χ1) is 14.6. The minimum Gasteiger partial charge on any atom is -0.462 e. The van der Waals surface area contributed by atoms with Gasteiger partial charge in [0.15, 0.2) is 0 Å². The zero-order valence-corrected chi connectivity index (χ0v) is 18.2. The first-order valence-corrected chi connectivity index (χ1v) is 10.4. The molecule has 3 aromatic rings. The van der Waals surface area contributed by atoms with E-state index in [1.807, 2.05) is 37.3 Å². The van der Waals surface area contributed by atoms with E-state index in [1.165, 1.54) is 5.57 Å². The normalized spacial score (nSPS) is 11.6. The average molecular weight is 400 g/mol. The predicted octanol–water partition coefficient (Wildman–Crippen LogP) is 7.15. The third kappa shape index (κ3) is 4.62. The van der Waals surface area contributed by atoms with E-state index >= 15 is 0 Å². The van der Waals surface area contributed by atoms with Crippen molar-refractivity contribution in [2.24, 2.45) is 0 Å². The van der Waals surface area contributed by atoms with Crippen molar-refractivity contribution in [1.82, 2.24) is 0 Å². The molecule has 0 amide bonds. The topological polar surface area (TPSA) is 29.5 Å². The van der Waals surface area contributed by atoms with Gasteiger partial charge < -0.3 is 9.64 Å². The molecule has 0 aromatic heterocycles. The lowest BCUT2D eigenvalue weighted by molar-refractivity contribution is 0.0526. The number of hydrogen-bond acceptors (Lipinski definition) is 3. The quantitative estimate of drug-likeness (QED) is 0.395. The van der Waals surface area contributed by atoms with Gasteiger partial charge in [0, 0.05) is 11.4 Å². The highest BCUT2D eigenvalue weighted by molar-refractivity contribution is 5.94. The maximum Gasteiger partial charge on any atom is 0.338 e. The van der Waals surface area contributed by atoms with Gasteiger partial charge in [-0.05, 0) is 68.2 Å². The fourth-order valence-corrected chi connectivity index (χ4v) is 3.52. The molecule has 0 saturated heterocycles. The molecular formula is C27H29NO2. The molecule has 154 valence electrons. The van der Waals surface area contributed by atoms with Crippen molar-refractivity contribution >= 4 is 23.0 Å². The van der Waals surface area contributed by atoms with Gasteiger partial charge in [0.2, 0.25) is 0 Å². The predicted molar refractivity (Wildman–Crippen MR) is 125 cm³/mol. The summed E-state index contributed by atoms with van der Waals surface area (Å²) < 4.78 is 5.24. The van der Waals surface area contributed by atoms with Gasteiger partial charge in [0.25, 0.3) is 0 Å². The van der Waals surface area contributed by atoms with E-state index in [4.69, 9.17) is 4.74 Å². The smallest absolute Gasteiger partial charge is 0.338 e. The van der Waals surface area contributed by atoms with E-state index in [-0.39, 0.29) is 5.97 Å². The van der Waals surface area contributed by atoms with Gasteiger partial charge >= 0.3 is 5.97 Å². The number of esters is 1. The molecule has 0 spiro atoms. The number of carbonyl (C=O) groups excluding carboxylic acids is 1. The summed E-state index contributed by atoms with van der Waals surface area (Å²) >= 11 is 0. The maximum absolute atomic E-state index is 12.4. The SMILES string of the molecule is CCOC(=O)c1cccc(N(/C(=C(\C)CC)c2ccccc2)c2ccccc2C)c1. The molecule has 3 aromatic carbocycles. The lowest BCUT2D eigenvalue weighted by Gasteiger charge is -2.31. The number of allylic oxidation sites excluding steroid dienone is 1. The number of nitrogens with zero attached hydrogens (tertiary/aromatic N) is 1. The number of hydrogen-bond donors (Lipinski definition) is 0. The van der Waals surface area contributed by atoms with E-state index in [0.717, 1.165) is 34.6 Å². The molecule has 0 bridgehead atoms. The second-order valence-corrected chi connectivity index (χ2v) is 7.24. The van der Waals surface area contributed by atoms with Gasteiger partial charge in [0.05, 0.1) is 17.9 Å². The van der Waals surface area contributed by atoms with Crippen LogP contribution < -0.4 is 4.90 Å². The Morgan fingerprint density at radius 1 is 0.867 bits per heavy atom. The molecule has 0 fully saturated rings. The molecule has 0 unspecified atom stereocenters. The van der Waals surface area contributed by atoms with Gasteiger partial charge in [-0.2, -0.15) is 0 Å². The molecule has 0 aliphatic heterocycles. The number of para-hydroxylation sites is 1. The highest BCUT2D eigenvalue weighted by Crippen LogP contribution is 2.38. The zero-order valence-electron chi connectivity index (χ0n) is 18.2. The largest absolute Gasteiger partial charge is 0.462 e. The van der Waals surface area contributed by atoms with Gasteiger partial charge in [-0.25, -0.2) is 4.79 Å². The molecule has 0 aliphatic carbocycles. The molecule has 3 heteroatoms. The van der Waals surface area contributed by atoms with Crippen LogP contribution in [0.25, 0.3) is 5.70 Å². The van der Waals surface area contributed by atoms with Crippen LogP contribution in [0.4, 0.5) is 11.4 Å². The van der Waals surface area contributed by atoms with Crippen molar-refractivity contribution in [3.05, 3.63) is 101 Å². The van der Waals surface area contributed by atoms with Crippen molar-refractivity contribution in [2.75, 3.05) is 11.5 Å². The number of carbonyl (C=O) groups is 1. The summed E-state index contributed by atoms with van der Waals surface area (Å²) in [6.07, 6.45) is 0.921. The maximum atomic E-state index is 12.4. The Morgan fingerprint density at radius 3 is 2.20 bits per heavy atom. The summed E-state index contributed by atoms with van der Waals surface area (Å²) in [5.74, 6) is -0.304. The number of ether oxygens (including phenoxy) is 1. The summed E-state index contributed by atoms with van der Waals surface area (Å²) in [6, 6.07) is 26.4. The van der Waals surface area contributed by atoms with E-state index < -0.39 is 0 Å². The number of rotatable bonds is 7. The van der Waals surface area contributed by atoms with Crippen LogP contribution in [-0.4, -0.2) is 12.6 Å². The van der Waals surface area contributed by atoms with Crippen molar-refractivity contribution in [1.29, 1.82) is 0 Å². The van der Waals surface area contributed by atoms with Crippen LogP contribution in [0, 0.1) is 6.92 Å². The monoisotopic (exact) mass is 399 g/mol. The highest BCUT2D eigenvalue weighted by atomic mass is 16.5. The first kappa shape index (κ1) is 21.4. The molecule has 0 heterocycles. The van der Waals surface area contributed by atoms with Crippen LogP contribution in [0.5, 0.6) is 0 Å². The van der Waals surface area contributed by atoms with E-state index in [2.05, 4.69) is 68.1 Å². The highest BCUT2D eigenvalue weighted by Gasteiger charge is 2.21. The Hall–Kier alpha value is -3.33. The second-order valence-electron chi connectivity index (χ2n) is 7.24. The van der Waals surface area contributed by atoms with Crippen LogP contribution in [0.2, 0.25) is 0 Å². The van der Waals surface area contributed by atoms with Crippen LogP contribution in [0.1, 0.15) is 48.7 Å². The Morgan fingerprint density at radius 2 is 1.53 bits per heavy atom. The summed E-state index contributed by atoms with van der Waals surface area (Å²) in [5, 5.41) is 0. The lowest BCUT2D eigenvalue weighted by atomic mass is 10.0. The van der Waals surface area contributed by atoms with Crippen molar-refractivity contribution in [3.63, 3.8) is 0 Å². The Balaban J connectivity index is 2.26. The summed E-state index contributed by atoms with van der Waals surface area (Å²) in [4.78, 5) is 14.7. The standard InChI is InChI=1S/C27H29NO2/c1-5-20(3)26(22-14-8-7-9-15-22)28(25-18-11-10-13-21(25)4)24-17-12-16-23(19-24)27(29)30-6-2/h7-19H,5-6H2,1-4H3/b26-20+. The Labute approximate surface area is 179 Å². The zero-order chi connectivity index (χ0) is 21.5. The molecular weight excluding hydrogens is 370 g/mol. The van der Waals surface area contributed by atoms with Crippen LogP contribution in [0.3, 0.4) is 0 Å². The molecule has 0 saturated carbocycles. The Bertz CT molecular complexity index is 1040. The van der Waals surface area contributed by atoms with Gasteiger partial charge in [-0.3, -0.25) is 0 Å². The van der Waals surface area contributed by atoms with Crippen molar-refractivity contribution in [2.45, 2.75) is 34.1 Å². The lowest BCUT2D eigenvalue weighted by Crippen LogP contribution is -2.19. The number of benzene rings is 3. The van der Waals surface area contributed by atoms with E-state index in [9.17, 15) is 4.79 Å². The van der Waals surface area contributed by atoms with Gasteiger partial charge in [0.1, 0.15) is 0 Å².